The highest BCUT2D eigenvalue weighted by atomic mass is 32.1. The van der Waals surface area contributed by atoms with Gasteiger partial charge in [0.2, 0.25) is 17.8 Å². The zero-order valence-corrected chi connectivity index (χ0v) is 21.3. The third-order valence-corrected chi connectivity index (χ3v) is 8.52. The number of amides is 2. The molecule has 37 heavy (non-hydrogen) atoms. The number of nitrogens with zero attached hydrogens (tertiary/aromatic N) is 5. The number of para-hydroxylation sites is 2. The summed E-state index contributed by atoms with van der Waals surface area (Å²) in [5.74, 6) is 0.884. The molecule has 4 heterocycles. The zero-order valence-electron chi connectivity index (χ0n) is 20.5. The smallest absolute Gasteiger partial charge is 0.268 e. The summed E-state index contributed by atoms with van der Waals surface area (Å²) in [6, 6.07) is 13.7. The van der Waals surface area contributed by atoms with E-state index in [0.29, 0.717) is 16.8 Å². The lowest BCUT2D eigenvalue weighted by Crippen LogP contribution is -2.42. The minimum absolute atomic E-state index is 0.000761. The van der Waals surface area contributed by atoms with E-state index < -0.39 is 0 Å². The van der Waals surface area contributed by atoms with E-state index in [1.54, 1.807) is 13.2 Å². The van der Waals surface area contributed by atoms with E-state index in [9.17, 15) is 9.59 Å². The van der Waals surface area contributed by atoms with Gasteiger partial charge in [0.1, 0.15) is 0 Å². The van der Waals surface area contributed by atoms with Crippen molar-refractivity contribution in [3.05, 3.63) is 66.2 Å². The number of thiophene rings is 1. The summed E-state index contributed by atoms with van der Waals surface area (Å²) in [5.41, 5.74) is 2.74. The lowest BCUT2D eigenvalue weighted by atomic mass is 9.65. The lowest BCUT2D eigenvalue weighted by Gasteiger charge is -2.46. The maximum absolute atomic E-state index is 13.3. The SMILES string of the molecule is C=CC(=O)N1CCC2(CC(n3c(NC(=O)c4ccc(-c5ccnc(NC)n5)s4)nc4ccccc43)C2)C1. The van der Waals surface area contributed by atoms with Crippen molar-refractivity contribution in [2.75, 3.05) is 30.8 Å². The quantitative estimate of drug-likeness (QED) is 0.366. The summed E-state index contributed by atoms with van der Waals surface area (Å²) in [6.45, 7) is 5.16. The number of benzene rings is 1. The van der Waals surface area contributed by atoms with E-state index in [1.165, 1.54) is 17.4 Å². The van der Waals surface area contributed by atoms with E-state index in [0.717, 1.165) is 54.0 Å². The molecule has 0 atom stereocenters. The van der Waals surface area contributed by atoms with Gasteiger partial charge in [-0.2, -0.15) is 0 Å². The van der Waals surface area contributed by atoms with Crippen LogP contribution in [0.25, 0.3) is 21.6 Å². The van der Waals surface area contributed by atoms with Gasteiger partial charge in [-0.25, -0.2) is 15.0 Å². The Morgan fingerprint density at radius 2 is 2.00 bits per heavy atom. The fourth-order valence-electron chi connectivity index (χ4n) is 5.59. The van der Waals surface area contributed by atoms with Gasteiger partial charge in [-0.3, -0.25) is 14.9 Å². The molecular weight excluding hydrogens is 486 g/mol. The maximum Gasteiger partial charge on any atom is 0.268 e. The molecule has 2 amide bonds. The number of carbonyl (C=O) groups is 2. The van der Waals surface area contributed by atoms with Crippen LogP contribution in [0, 0.1) is 5.41 Å². The predicted octanol–water partition coefficient (Wildman–Crippen LogP) is 4.59. The molecule has 1 aliphatic heterocycles. The molecule has 4 aromatic rings. The van der Waals surface area contributed by atoms with Gasteiger partial charge in [-0.1, -0.05) is 18.7 Å². The normalized spacial score (nSPS) is 20.7. The monoisotopic (exact) mass is 513 g/mol. The number of carbonyl (C=O) groups excluding carboxylic acids is 2. The van der Waals surface area contributed by atoms with Crippen molar-refractivity contribution in [1.29, 1.82) is 0 Å². The topological polar surface area (TPSA) is 105 Å². The molecule has 3 aromatic heterocycles. The largest absolute Gasteiger partial charge is 0.357 e. The van der Waals surface area contributed by atoms with Gasteiger partial charge >= 0.3 is 0 Å². The highest BCUT2D eigenvalue weighted by molar-refractivity contribution is 7.17. The van der Waals surface area contributed by atoms with Crippen LogP contribution in [-0.4, -0.2) is 56.4 Å². The third-order valence-electron chi connectivity index (χ3n) is 7.41. The van der Waals surface area contributed by atoms with Gasteiger partial charge in [0.25, 0.3) is 5.91 Å². The Morgan fingerprint density at radius 1 is 1.16 bits per heavy atom. The Kier molecular flexibility index (Phi) is 5.75. The van der Waals surface area contributed by atoms with Crippen LogP contribution in [0.15, 0.2) is 61.3 Å². The number of imidazole rings is 1. The van der Waals surface area contributed by atoms with E-state index in [1.807, 2.05) is 47.4 Å². The first-order valence-corrected chi connectivity index (χ1v) is 13.1. The van der Waals surface area contributed by atoms with Crippen LogP contribution in [0.2, 0.25) is 0 Å². The van der Waals surface area contributed by atoms with Gasteiger partial charge in [0, 0.05) is 32.4 Å². The number of likely N-dealkylation sites (tertiary alicyclic amines) is 1. The number of nitrogens with one attached hydrogen (secondary N) is 2. The summed E-state index contributed by atoms with van der Waals surface area (Å²) in [7, 11) is 1.77. The average molecular weight is 514 g/mol. The Hall–Kier alpha value is -4.05. The van der Waals surface area contributed by atoms with Crippen LogP contribution in [0.5, 0.6) is 0 Å². The average Bonchev–Trinajstić information content (AvgIpc) is 3.64. The molecular formula is C27H27N7O2S. The molecule has 1 aliphatic carbocycles. The van der Waals surface area contributed by atoms with E-state index in [2.05, 4.69) is 31.7 Å². The fraction of sp³-hybridized carbons (Fsp3) is 0.296. The molecule has 9 nitrogen and oxygen atoms in total. The van der Waals surface area contributed by atoms with Crippen LogP contribution in [-0.2, 0) is 4.79 Å². The van der Waals surface area contributed by atoms with Crippen molar-refractivity contribution in [2.24, 2.45) is 5.41 Å². The molecule has 2 N–H and O–H groups in total. The van der Waals surface area contributed by atoms with Crippen LogP contribution in [0.4, 0.5) is 11.9 Å². The van der Waals surface area contributed by atoms with Crippen LogP contribution < -0.4 is 10.6 Å². The Balaban J connectivity index is 1.23. The number of fused-ring (bicyclic) bond motifs is 1. The van der Waals surface area contributed by atoms with Gasteiger partial charge in [-0.15, -0.1) is 11.3 Å². The van der Waals surface area contributed by atoms with Gasteiger partial charge in [0.15, 0.2) is 0 Å². The Morgan fingerprint density at radius 3 is 2.81 bits per heavy atom. The second-order valence-electron chi connectivity index (χ2n) is 9.70. The molecule has 10 heteroatoms. The molecule has 2 fully saturated rings. The molecule has 1 saturated heterocycles. The summed E-state index contributed by atoms with van der Waals surface area (Å²) >= 11 is 1.38. The summed E-state index contributed by atoms with van der Waals surface area (Å²) < 4.78 is 2.16. The minimum Gasteiger partial charge on any atom is -0.357 e. The minimum atomic E-state index is -0.201. The van der Waals surface area contributed by atoms with Crippen molar-refractivity contribution in [1.82, 2.24) is 24.4 Å². The lowest BCUT2D eigenvalue weighted by molar-refractivity contribution is -0.125. The third kappa shape index (κ3) is 4.17. The molecule has 0 bridgehead atoms. The number of hydrogen-bond donors (Lipinski definition) is 2. The van der Waals surface area contributed by atoms with Gasteiger partial charge < -0.3 is 14.8 Å². The molecule has 1 aromatic carbocycles. The summed E-state index contributed by atoms with van der Waals surface area (Å²) in [6.07, 6.45) is 5.97. The van der Waals surface area contributed by atoms with Crippen LogP contribution >= 0.6 is 11.3 Å². The molecule has 2 aliphatic rings. The van der Waals surface area contributed by atoms with Crippen LogP contribution in [0.3, 0.4) is 0 Å². The number of hydrogen-bond acceptors (Lipinski definition) is 7. The molecule has 0 unspecified atom stereocenters. The molecule has 1 saturated carbocycles. The Bertz CT molecular complexity index is 1520. The standard InChI is InChI=1S/C27H27N7O2S/c1-3-23(35)33-13-11-27(16-33)14-17(15-27)34-20-7-5-4-6-18(20)31-26(34)32-24(36)22-9-8-21(37-22)19-10-12-29-25(28-2)30-19/h3-10,12,17H,1,11,13-16H2,2H3,(H,28,29,30)(H,31,32,36). The van der Waals surface area contributed by atoms with Crippen LogP contribution in [0.1, 0.15) is 35.0 Å². The van der Waals surface area contributed by atoms with Crippen molar-refractivity contribution >= 4 is 46.1 Å². The number of aromatic nitrogens is 4. The van der Waals surface area contributed by atoms with Crippen molar-refractivity contribution < 1.29 is 9.59 Å². The maximum atomic E-state index is 13.3. The summed E-state index contributed by atoms with van der Waals surface area (Å²) in [4.78, 5) is 42.1. The highest BCUT2D eigenvalue weighted by Crippen LogP contribution is 2.55. The second kappa shape index (κ2) is 9.11. The second-order valence-corrected chi connectivity index (χ2v) is 10.8. The van der Waals surface area contributed by atoms with Gasteiger partial charge in [-0.05, 0) is 61.1 Å². The first-order chi connectivity index (χ1) is 18.0. The molecule has 0 radical (unpaired) electrons. The van der Waals surface area contributed by atoms with Crippen molar-refractivity contribution in [3.8, 4) is 10.6 Å². The molecule has 1 spiro atoms. The first kappa shape index (κ1) is 23.4. The Labute approximate surface area is 218 Å². The van der Waals surface area contributed by atoms with E-state index in [4.69, 9.17) is 4.98 Å². The predicted molar refractivity (Wildman–Crippen MR) is 145 cm³/mol. The molecule has 188 valence electrons. The van der Waals surface area contributed by atoms with E-state index >= 15 is 0 Å². The number of anilines is 2. The van der Waals surface area contributed by atoms with Gasteiger partial charge in [0.05, 0.1) is 26.5 Å². The van der Waals surface area contributed by atoms with Crippen molar-refractivity contribution in [2.45, 2.75) is 25.3 Å². The number of rotatable bonds is 6. The zero-order chi connectivity index (χ0) is 25.6. The highest BCUT2D eigenvalue weighted by Gasteiger charge is 2.50. The summed E-state index contributed by atoms with van der Waals surface area (Å²) in [5, 5.41) is 6.01. The van der Waals surface area contributed by atoms with Crippen molar-refractivity contribution in [3.63, 3.8) is 0 Å². The molecule has 6 rings (SSSR count). The van der Waals surface area contributed by atoms with E-state index in [-0.39, 0.29) is 23.3 Å². The first-order valence-electron chi connectivity index (χ1n) is 12.3. The fourth-order valence-corrected chi connectivity index (χ4v) is 6.46.